The summed E-state index contributed by atoms with van der Waals surface area (Å²) in [5, 5.41) is 6.41. The fraction of sp³-hybridized carbons (Fsp3) is 0.238. The summed E-state index contributed by atoms with van der Waals surface area (Å²) in [6.07, 6.45) is 3.79. The Labute approximate surface area is 182 Å². The number of aliphatic imine (C=N–C) groups is 1. The zero-order valence-corrected chi connectivity index (χ0v) is 18.4. The lowest BCUT2D eigenvalue weighted by Crippen LogP contribution is -2.36. The zero-order valence-electron chi connectivity index (χ0n) is 16.0. The third kappa shape index (κ3) is 6.05. The summed E-state index contributed by atoms with van der Waals surface area (Å²) in [5.74, 6) is 1.41. The number of hydrogen-bond acceptors (Lipinski definition) is 2. The highest BCUT2D eigenvalue weighted by Crippen LogP contribution is 2.09. The minimum Gasteiger partial charge on any atom is -0.352 e. The molecule has 0 bridgehead atoms. The molecule has 1 heterocycles. The minimum atomic E-state index is -0.219. The van der Waals surface area contributed by atoms with Crippen LogP contribution in [0.3, 0.4) is 0 Å². The van der Waals surface area contributed by atoms with Crippen LogP contribution in [-0.2, 0) is 19.6 Å². The Morgan fingerprint density at radius 2 is 1.82 bits per heavy atom. The Morgan fingerprint density at radius 3 is 2.54 bits per heavy atom. The lowest BCUT2D eigenvalue weighted by atomic mass is 10.1. The fourth-order valence-electron chi connectivity index (χ4n) is 2.83. The van der Waals surface area contributed by atoms with E-state index < -0.39 is 0 Å². The third-order valence-electron chi connectivity index (χ3n) is 4.36. The van der Waals surface area contributed by atoms with E-state index in [0.717, 1.165) is 17.9 Å². The van der Waals surface area contributed by atoms with Crippen molar-refractivity contribution in [1.29, 1.82) is 0 Å². The van der Waals surface area contributed by atoms with Crippen molar-refractivity contribution in [2.75, 3.05) is 7.05 Å². The van der Waals surface area contributed by atoms with E-state index in [1.807, 2.05) is 31.5 Å². The quantitative estimate of drug-likeness (QED) is 0.312. The maximum atomic E-state index is 13.7. The van der Waals surface area contributed by atoms with E-state index in [0.29, 0.717) is 24.6 Å². The largest absolute Gasteiger partial charge is 0.352 e. The predicted molar refractivity (Wildman–Crippen MR) is 121 cm³/mol. The first-order valence-corrected chi connectivity index (χ1v) is 8.89. The summed E-state index contributed by atoms with van der Waals surface area (Å²) in [6.45, 7) is 3.80. The van der Waals surface area contributed by atoms with Gasteiger partial charge in [0.05, 0.1) is 0 Å². The Morgan fingerprint density at radius 1 is 1.07 bits per heavy atom. The molecule has 148 valence electrons. The second-order valence-corrected chi connectivity index (χ2v) is 6.29. The number of nitrogens with zero attached hydrogens (tertiary/aromatic N) is 3. The van der Waals surface area contributed by atoms with Gasteiger partial charge in [0.2, 0.25) is 0 Å². The number of aromatic nitrogens is 2. The molecule has 7 heteroatoms. The van der Waals surface area contributed by atoms with E-state index in [1.54, 1.807) is 19.2 Å². The van der Waals surface area contributed by atoms with Gasteiger partial charge in [-0.3, -0.25) is 4.99 Å². The maximum absolute atomic E-state index is 13.7. The minimum absolute atomic E-state index is 0. The average molecular weight is 493 g/mol. The summed E-state index contributed by atoms with van der Waals surface area (Å²) in [6, 6.07) is 15.1. The van der Waals surface area contributed by atoms with Crippen LogP contribution in [0.2, 0.25) is 0 Å². The van der Waals surface area contributed by atoms with E-state index in [1.165, 1.54) is 11.6 Å². The van der Waals surface area contributed by atoms with Crippen molar-refractivity contribution in [1.82, 2.24) is 20.2 Å². The van der Waals surface area contributed by atoms with Crippen molar-refractivity contribution < 1.29 is 4.39 Å². The van der Waals surface area contributed by atoms with E-state index in [-0.39, 0.29) is 29.8 Å². The van der Waals surface area contributed by atoms with E-state index in [2.05, 4.69) is 43.4 Å². The molecule has 3 aromatic rings. The Bertz CT molecular complexity index is 922. The fourth-order valence-corrected chi connectivity index (χ4v) is 2.83. The molecule has 0 fully saturated rings. The van der Waals surface area contributed by atoms with Gasteiger partial charge in [0, 0.05) is 44.6 Å². The second kappa shape index (κ2) is 10.8. The molecule has 0 saturated carbocycles. The molecular formula is C21H25FIN5. The second-order valence-electron chi connectivity index (χ2n) is 6.29. The molecule has 0 unspecified atom stereocenters. The Hall–Kier alpha value is -2.42. The van der Waals surface area contributed by atoms with Crippen molar-refractivity contribution >= 4 is 29.9 Å². The lowest BCUT2D eigenvalue weighted by Gasteiger charge is -2.13. The van der Waals surface area contributed by atoms with Crippen molar-refractivity contribution in [2.45, 2.75) is 26.6 Å². The molecular weight excluding hydrogens is 468 g/mol. The third-order valence-corrected chi connectivity index (χ3v) is 4.36. The van der Waals surface area contributed by atoms with E-state index >= 15 is 0 Å². The first-order valence-electron chi connectivity index (χ1n) is 8.89. The number of halogens is 2. The van der Waals surface area contributed by atoms with Crippen LogP contribution in [0.4, 0.5) is 4.39 Å². The lowest BCUT2D eigenvalue weighted by molar-refractivity contribution is 0.604. The highest BCUT2D eigenvalue weighted by molar-refractivity contribution is 14.0. The van der Waals surface area contributed by atoms with Crippen molar-refractivity contribution in [3.05, 3.63) is 89.3 Å². The normalized spacial score (nSPS) is 11.0. The van der Waals surface area contributed by atoms with Crippen molar-refractivity contribution in [3.8, 4) is 0 Å². The van der Waals surface area contributed by atoms with Gasteiger partial charge in [0.15, 0.2) is 5.96 Å². The van der Waals surface area contributed by atoms with Gasteiger partial charge in [0.1, 0.15) is 11.6 Å². The van der Waals surface area contributed by atoms with Crippen molar-refractivity contribution in [3.63, 3.8) is 0 Å². The van der Waals surface area contributed by atoms with Crippen LogP contribution < -0.4 is 10.6 Å². The molecule has 0 aliphatic rings. The molecule has 0 saturated heterocycles. The molecule has 1 aromatic heterocycles. The molecule has 0 spiro atoms. The van der Waals surface area contributed by atoms with Crippen LogP contribution in [-0.4, -0.2) is 22.6 Å². The molecule has 0 amide bonds. The highest BCUT2D eigenvalue weighted by atomic mass is 127. The SMILES string of the molecule is CN=C(NCc1cccc(Cn2ccnc2C)c1)NCc1ccccc1F.I. The average Bonchev–Trinajstić information content (AvgIpc) is 3.08. The smallest absolute Gasteiger partial charge is 0.191 e. The molecule has 3 rings (SSSR count). The topological polar surface area (TPSA) is 54.2 Å². The molecule has 0 aliphatic heterocycles. The molecule has 28 heavy (non-hydrogen) atoms. The van der Waals surface area contributed by atoms with Crippen LogP contribution in [0.1, 0.15) is 22.5 Å². The summed E-state index contributed by atoms with van der Waals surface area (Å²) >= 11 is 0. The standard InChI is InChI=1S/C21H24FN5.HI/c1-16-24-10-11-27(16)15-18-7-5-6-17(12-18)13-25-21(23-2)26-14-19-8-3-4-9-20(19)22;/h3-12H,13-15H2,1-2H3,(H2,23,25,26);1H. The predicted octanol–water partition coefficient (Wildman–Crippen LogP) is 3.86. The van der Waals surface area contributed by atoms with E-state index in [4.69, 9.17) is 0 Å². The number of guanidine groups is 1. The molecule has 5 nitrogen and oxygen atoms in total. The first-order chi connectivity index (χ1) is 13.2. The Kier molecular flexibility index (Phi) is 8.43. The van der Waals surface area contributed by atoms with Crippen LogP contribution >= 0.6 is 24.0 Å². The van der Waals surface area contributed by atoms with Crippen LogP contribution in [0.25, 0.3) is 0 Å². The summed E-state index contributed by atoms with van der Waals surface area (Å²) < 4.78 is 15.8. The van der Waals surface area contributed by atoms with Gasteiger partial charge in [-0.2, -0.15) is 0 Å². The van der Waals surface area contributed by atoms with Crippen LogP contribution in [0, 0.1) is 12.7 Å². The molecule has 2 aromatic carbocycles. The summed E-state index contributed by atoms with van der Waals surface area (Å²) in [5.41, 5.74) is 2.97. The summed E-state index contributed by atoms with van der Waals surface area (Å²) in [7, 11) is 1.70. The number of benzene rings is 2. The van der Waals surface area contributed by atoms with Gasteiger partial charge in [0.25, 0.3) is 0 Å². The molecule has 0 radical (unpaired) electrons. The van der Waals surface area contributed by atoms with Crippen LogP contribution in [0.15, 0.2) is 65.9 Å². The Balaban J connectivity index is 0.00000280. The number of aryl methyl sites for hydroxylation is 1. The summed E-state index contributed by atoms with van der Waals surface area (Å²) in [4.78, 5) is 8.46. The van der Waals surface area contributed by atoms with Gasteiger partial charge in [-0.05, 0) is 24.1 Å². The number of hydrogen-bond donors (Lipinski definition) is 2. The van der Waals surface area contributed by atoms with Gasteiger partial charge >= 0.3 is 0 Å². The van der Waals surface area contributed by atoms with Gasteiger partial charge < -0.3 is 15.2 Å². The maximum Gasteiger partial charge on any atom is 0.191 e. The van der Waals surface area contributed by atoms with Gasteiger partial charge in [-0.1, -0.05) is 42.5 Å². The van der Waals surface area contributed by atoms with Gasteiger partial charge in [-0.25, -0.2) is 9.37 Å². The number of rotatable bonds is 6. The zero-order chi connectivity index (χ0) is 19.1. The molecule has 2 N–H and O–H groups in total. The number of nitrogens with one attached hydrogen (secondary N) is 2. The van der Waals surface area contributed by atoms with Gasteiger partial charge in [-0.15, -0.1) is 24.0 Å². The van der Waals surface area contributed by atoms with Crippen molar-refractivity contribution in [2.24, 2.45) is 4.99 Å². The van der Waals surface area contributed by atoms with E-state index in [9.17, 15) is 4.39 Å². The van der Waals surface area contributed by atoms with Crippen LogP contribution in [0.5, 0.6) is 0 Å². The first kappa shape index (κ1) is 21.9. The molecule has 0 atom stereocenters. The monoisotopic (exact) mass is 493 g/mol. The molecule has 0 aliphatic carbocycles. The number of imidazole rings is 1. The highest BCUT2D eigenvalue weighted by Gasteiger charge is 2.04.